The molecule has 1 aromatic heterocycles. The van der Waals surface area contributed by atoms with E-state index in [9.17, 15) is 4.39 Å². The van der Waals surface area contributed by atoms with Gasteiger partial charge in [-0.3, -0.25) is 4.57 Å². The Morgan fingerprint density at radius 3 is 2.50 bits per heavy atom. The van der Waals surface area contributed by atoms with E-state index in [1.54, 1.807) is 13.0 Å². The van der Waals surface area contributed by atoms with Gasteiger partial charge in [-0.1, -0.05) is 26.8 Å². The summed E-state index contributed by atoms with van der Waals surface area (Å²) in [5.41, 5.74) is 2.37. The molecule has 0 radical (unpaired) electrons. The van der Waals surface area contributed by atoms with E-state index in [1.807, 2.05) is 16.8 Å². The molecule has 4 heteroatoms. The Balaban J connectivity index is 2.67. The van der Waals surface area contributed by atoms with Crippen molar-refractivity contribution in [2.75, 3.05) is 0 Å². The number of aryl methyl sites for hydroxylation is 1. The number of H-pyrrole nitrogens is 1. The molecule has 0 saturated carbocycles. The Morgan fingerprint density at radius 1 is 1.28 bits per heavy atom. The molecule has 0 amide bonds. The molecule has 2 aromatic rings. The van der Waals surface area contributed by atoms with Crippen molar-refractivity contribution in [3.8, 4) is 5.69 Å². The summed E-state index contributed by atoms with van der Waals surface area (Å²) in [6.45, 7) is 8.06. The minimum absolute atomic E-state index is 0.0606. The third kappa shape index (κ3) is 2.25. The van der Waals surface area contributed by atoms with Gasteiger partial charge in [0.05, 0.1) is 5.69 Å². The van der Waals surface area contributed by atoms with Crippen LogP contribution in [0.5, 0.6) is 0 Å². The molecular weight excluding hydrogens is 247 g/mol. The summed E-state index contributed by atoms with van der Waals surface area (Å²) in [6, 6.07) is 5.18. The topological polar surface area (TPSA) is 20.7 Å². The van der Waals surface area contributed by atoms with E-state index < -0.39 is 0 Å². The molecule has 1 heterocycles. The Hall–Kier alpha value is -1.42. The van der Waals surface area contributed by atoms with Crippen molar-refractivity contribution >= 4 is 12.2 Å². The molecule has 0 bridgehead atoms. The molecule has 2 rings (SSSR count). The molecule has 1 N–H and O–H groups in total. The number of aromatic amines is 1. The zero-order chi connectivity index (χ0) is 13.5. The second-order valence-electron chi connectivity index (χ2n) is 5.50. The predicted octanol–water partition coefficient (Wildman–Crippen LogP) is 4.28. The van der Waals surface area contributed by atoms with Gasteiger partial charge in [-0.25, -0.2) is 4.39 Å². The Kier molecular flexibility index (Phi) is 3.15. The molecule has 2 nitrogen and oxygen atoms in total. The van der Waals surface area contributed by atoms with Crippen molar-refractivity contribution in [2.24, 2.45) is 0 Å². The first-order valence-electron chi connectivity index (χ1n) is 5.88. The highest BCUT2D eigenvalue weighted by Gasteiger charge is 2.20. The second-order valence-corrected chi connectivity index (χ2v) is 5.88. The Morgan fingerprint density at radius 2 is 1.94 bits per heavy atom. The van der Waals surface area contributed by atoms with E-state index in [2.05, 4.69) is 25.8 Å². The summed E-state index contributed by atoms with van der Waals surface area (Å²) >= 11 is 5.28. The molecule has 0 aliphatic heterocycles. The smallest absolute Gasteiger partial charge is 0.182 e. The van der Waals surface area contributed by atoms with Crippen LogP contribution in [0, 0.1) is 17.5 Å². The fourth-order valence-electron chi connectivity index (χ4n) is 1.90. The number of hydrogen-bond donors (Lipinski definition) is 1. The summed E-state index contributed by atoms with van der Waals surface area (Å²) in [5.74, 6) is -0.213. The van der Waals surface area contributed by atoms with Gasteiger partial charge in [-0.05, 0) is 36.8 Å². The summed E-state index contributed by atoms with van der Waals surface area (Å²) in [5, 5.41) is 0. The maximum Gasteiger partial charge on any atom is 0.182 e. The van der Waals surface area contributed by atoms with Crippen LogP contribution in [0.4, 0.5) is 4.39 Å². The maximum absolute atomic E-state index is 13.7. The third-order valence-electron chi connectivity index (χ3n) is 2.96. The number of hydrogen-bond acceptors (Lipinski definition) is 1. The molecule has 0 spiro atoms. The zero-order valence-corrected chi connectivity index (χ0v) is 11.9. The molecule has 0 saturated heterocycles. The van der Waals surface area contributed by atoms with Crippen molar-refractivity contribution in [3.63, 3.8) is 0 Å². The van der Waals surface area contributed by atoms with Crippen LogP contribution >= 0.6 is 12.2 Å². The number of rotatable bonds is 1. The fraction of sp³-hybridized carbons (Fsp3) is 0.357. The highest BCUT2D eigenvalue weighted by molar-refractivity contribution is 7.71. The number of aromatic nitrogens is 2. The van der Waals surface area contributed by atoms with E-state index in [0.29, 0.717) is 10.3 Å². The molecule has 0 atom stereocenters. The molecule has 1 aromatic carbocycles. The summed E-state index contributed by atoms with van der Waals surface area (Å²) in [6.07, 6.45) is 1.89. The van der Waals surface area contributed by atoms with Crippen molar-refractivity contribution in [1.82, 2.24) is 9.55 Å². The van der Waals surface area contributed by atoms with Gasteiger partial charge < -0.3 is 4.98 Å². The quantitative estimate of drug-likeness (QED) is 0.762. The maximum atomic E-state index is 13.7. The van der Waals surface area contributed by atoms with Crippen LogP contribution in [0.3, 0.4) is 0 Å². The minimum Gasteiger partial charge on any atom is -0.337 e. The molecule has 96 valence electrons. The van der Waals surface area contributed by atoms with Gasteiger partial charge in [0.25, 0.3) is 0 Å². The fourth-order valence-corrected chi connectivity index (χ4v) is 2.16. The van der Waals surface area contributed by atoms with Crippen LogP contribution in [0.1, 0.15) is 32.0 Å². The van der Waals surface area contributed by atoms with Crippen LogP contribution in [0.25, 0.3) is 5.69 Å². The third-order valence-corrected chi connectivity index (χ3v) is 3.26. The van der Waals surface area contributed by atoms with Gasteiger partial charge in [0, 0.05) is 17.3 Å². The van der Waals surface area contributed by atoms with E-state index in [1.165, 1.54) is 6.07 Å². The van der Waals surface area contributed by atoms with Crippen molar-refractivity contribution in [2.45, 2.75) is 33.1 Å². The number of halogens is 1. The Bertz CT molecular complexity index is 632. The molecule has 0 aliphatic rings. The van der Waals surface area contributed by atoms with Crippen LogP contribution < -0.4 is 0 Å². The van der Waals surface area contributed by atoms with Crippen molar-refractivity contribution < 1.29 is 4.39 Å². The second kappa shape index (κ2) is 4.35. The average Bonchev–Trinajstić information content (AvgIpc) is 2.64. The van der Waals surface area contributed by atoms with Crippen molar-refractivity contribution in [1.29, 1.82) is 0 Å². The molecule has 0 fully saturated rings. The van der Waals surface area contributed by atoms with E-state index in [-0.39, 0.29) is 11.2 Å². The summed E-state index contributed by atoms with van der Waals surface area (Å²) < 4.78 is 16.1. The normalized spacial score (nSPS) is 11.8. The van der Waals surface area contributed by atoms with Crippen molar-refractivity contribution in [3.05, 3.63) is 46.2 Å². The zero-order valence-electron chi connectivity index (χ0n) is 11.0. The number of benzene rings is 1. The van der Waals surface area contributed by atoms with Gasteiger partial charge in [0.2, 0.25) is 0 Å². The van der Waals surface area contributed by atoms with Crippen LogP contribution in [-0.2, 0) is 5.41 Å². The highest BCUT2D eigenvalue weighted by atomic mass is 32.1. The number of imidazole rings is 1. The molecule has 18 heavy (non-hydrogen) atoms. The van der Waals surface area contributed by atoms with Gasteiger partial charge in [-0.2, -0.15) is 0 Å². The summed E-state index contributed by atoms with van der Waals surface area (Å²) in [4.78, 5) is 3.03. The summed E-state index contributed by atoms with van der Waals surface area (Å²) in [7, 11) is 0. The first-order valence-corrected chi connectivity index (χ1v) is 6.29. The number of nitrogens with zero attached hydrogens (tertiary/aromatic N) is 1. The Labute approximate surface area is 111 Å². The van der Waals surface area contributed by atoms with Crippen LogP contribution in [0.15, 0.2) is 24.4 Å². The van der Waals surface area contributed by atoms with Gasteiger partial charge in [0.1, 0.15) is 5.82 Å². The van der Waals surface area contributed by atoms with E-state index >= 15 is 0 Å². The van der Waals surface area contributed by atoms with Gasteiger partial charge in [-0.15, -0.1) is 0 Å². The lowest BCUT2D eigenvalue weighted by molar-refractivity contribution is 0.554. The highest BCUT2D eigenvalue weighted by Crippen LogP contribution is 2.26. The standard InChI is InChI=1S/C14H17FN2S/c1-9-5-6-10(7-11(9)15)17-12(14(2,3)4)8-16-13(17)18/h5-8H,1-4H3,(H,16,18). The molecule has 0 unspecified atom stereocenters. The predicted molar refractivity (Wildman–Crippen MR) is 74.3 cm³/mol. The van der Waals surface area contributed by atoms with Gasteiger partial charge >= 0.3 is 0 Å². The molecular formula is C14H17FN2S. The van der Waals surface area contributed by atoms with Gasteiger partial charge in [0.15, 0.2) is 4.77 Å². The average molecular weight is 264 g/mol. The first kappa shape index (κ1) is 13.0. The van der Waals surface area contributed by atoms with Crippen LogP contribution in [0.2, 0.25) is 0 Å². The monoisotopic (exact) mass is 264 g/mol. The first-order chi connectivity index (χ1) is 8.30. The largest absolute Gasteiger partial charge is 0.337 e. The minimum atomic E-state index is -0.213. The lowest BCUT2D eigenvalue weighted by atomic mass is 9.92. The SMILES string of the molecule is Cc1ccc(-n2c(C(C)(C)C)c[nH]c2=S)cc1F. The lowest BCUT2D eigenvalue weighted by Gasteiger charge is -2.20. The lowest BCUT2D eigenvalue weighted by Crippen LogP contribution is -2.16. The van der Waals surface area contributed by atoms with E-state index in [4.69, 9.17) is 12.2 Å². The number of nitrogens with one attached hydrogen (secondary N) is 1. The van der Waals surface area contributed by atoms with E-state index in [0.717, 1.165) is 11.4 Å². The molecule has 0 aliphatic carbocycles. The van der Waals surface area contributed by atoms with Crippen LogP contribution in [-0.4, -0.2) is 9.55 Å².